The molecule has 36 heavy (non-hydrogen) atoms. The van der Waals surface area contributed by atoms with Crippen LogP contribution in [0.15, 0.2) is 18.2 Å². The van der Waals surface area contributed by atoms with Crippen LogP contribution in [0.4, 0.5) is 14.0 Å². The smallest absolute Gasteiger partial charge is 0.404 e. The number of nitrogens with one attached hydrogen (secondary N) is 3. The number of urea groups is 1. The number of carbonyl (C=O) groups excluding carboxylic acids is 1. The molecule has 0 spiro atoms. The third-order valence-electron chi connectivity index (χ3n) is 6.80. The number of halogens is 2. The summed E-state index contributed by atoms with van der Waals surface area (Å²) in [7, 11) is 1.88. The van der Waals surface area contributed by atoms with Crippen molar-refractivity contribution in [3.8, 4) is 0 Å². The van der Waals surface area contributed by atoms with Crippen molar-refractivity contribution < 1.29 is 28.6 Å². The number of rotatable bonds is 11. The van der Waals surface area contributed by atoms with E-state index in [2.05, 4.69) is 16.0 Å². The molecule has 4 N–H and O–H groups in total. The van der Waals surface area contributed by atoms with Crippen molar-refractivity contribution in [1.82, 2.24) is 20.9 Å². The van der Waals surface area contributed by atoms with Crippen LogP contribution in [-0.2, 0) is 9.47 Å². The zero-order chi connectivity index (χ0) is 25.9. The van der Waals surface area contributed by atoms with Gasteiger partial charge in [0.25, 0.3) is 0 Å². The number of amides is 3. The van der Waals surface area contributed by atoms with Gasteiger partial charge in [-0.15, -0.1) is 0 Å². The molecule has 11 heteroatoms. The number of carbonyl (C=O) groups is 2. The summed E-state index contributed by atoms with van der Waals surface area (Å²) in [5.74, 6) is -0.0324. The van der Waals surface area contributed by atoms with E-state index >= 15 is 0 Å². The molecule has 3 atom stereocenters. The molecule has 2 saturated heterocycles. The van der Waals surface area contributed by atoms with E-state index in [0.29, 0.717) is 31.1 Å². The minimum Gasteiger partial charge on any atom is -0.465 e. The van der Waals surface area contributed by atoms with Crippen molar-refractivity contribution in [2.75, 3.05) is 53.0 Å². The van der Waals surface area contributed by atoms with Gasteiger partial charge in [-0.1, -0.05) is 11.6 Å². The Kier molecular flexibility index (Phi) is 11.5. The molecule has 1 aromatic rings. The lowest BCUT2D eigenvalue weighted by molar-refractivity contribution is -0.00870. The molecule has 1 aromatic carbocycles. The van der Waals surface area contributed by atoms with Gasteiger partial charge in [-0.25, -0.2) is 14.0 Å². The SMILES string of the molecule is CNCC(CC1CCOCC1)NC(=O)N1CCCC(C(OCCNC(=O)O)c2cc(F)cc(Cl)c2)C1. The molecular weight excluding hydrogens is 491 g/mol. The van der Waals surface area contributed by atoms with E-state index in [9.17, 15) is 14.0 Å². The molecule has 202 valence electrons. The molecule has 0 radical (unpaired) electrons. The number of nitrogens with zero attached hydrogens (tertiary/aromatic N) is 1. The summed E-state index contributed by atoms with van der Waals surface area (Å²) < 4.78 is 25.7. The quantitative estimate of drug-likeness (QED) is 0.326. The van der Waals surface area contributed by atoms with Crippen LogP contribution < -0.4 is 16.0 Å². The zero-order valence-electron chi connectivity index (χ0n) is 20.8. The Morgan fingerprint density at radius 2 is 2.06 bits per heavy atom. The molecule has 2 fully saturated rings. The highest BCUT2D eigenvalue weighted by molar-refractivity contribution is 6.30. The molecule has 3 rings (SSSR count). The Morgan fingerprint density at radius 1 is 1.28 bits per heavy atom. The van der Waals surface area contributed by atoms with Gasteiger partial charge in [0, 0.05) is 56.4 Å². The number of carboxylic acid groups (broad SMARTS) is 1. The molecule has 0 aliphatic carbocycles. The Bertz CT molecular complexity index is 837. The van der Waals surface area contributed by atoms with Crippen molar-refractivity contribution in [2.24, 2.45) is 11.8 Å². The Morgan fingerprint density at radius 3 is 2.75 bits per heavy atom. The maximum Gasteiger partial charge on any atom is 0.404 e. The van der Waals surface area contributed by atoms with Gasteiger partial charge in [0.15, 0.2) is 0 Å². The number of ether oxygens (including phenoxy) is 2. The second-order valence-electron chi connectivity index (χ2n) is 9.57. The molecular formula is C25H38ClFN4O5. The van der Waals surface area contributed by atoms with E-state index < -0.39 is 18.0 Å². The fourth-order valence-corrected chi connectivity index (χ4v) is 5.35. The largest absolute Gasteiger partial charge is 0.465 e. The summed E-state index contributed by atoms with van der Waals surface area (Å²) in [6, 6.07) is 4.18. The number of likely N-dealkylation sites (N-methyl/N-ethyl adjacent to an activating group) is 1. The number of benzene rings is 1. The highest BCUT2D eigenvalue weighted by Gasteiger charge is 2.32. The minimum absolute atomic E-state index is 0.0159. The van der Waals surface area contributed by atoms with Crippen LogP contribution in [0, 0.1) is 17.7 Å². The van der Waals surface area contributed by atoms with Gasteiger partial charge in [-0.05, 0) is 68.8 Å². The fourth-order valence-electron chi connectivity index (χ4n) is 5.12. The number of hydrogen-bond acceptors (Lipinski definition) is 5. The molecule has 2 heterocycles. The standard InChI is InChI=1S/C25H38ClFN4O5/c1-28-15-22(11-17-4-8-35-9-5-17)30-24(32)31-7-2-3-18(16-31)23(36-10-6-29-25(33)34)19-12-20(26)14-21(27)13-19/h12-14,17-18,22-23,28-29H,2-11,15-16H2,1H3,(H,30,32)(H,33,34). The molecule has 2 aliphatic heterocycles. The number of likely N-dealkylation sites (tertiary alicyclic amines) is 1. The average Bonchev–Trinajstić information content (AvgIpc) is 2.84. The van der Waals surface area contributed by atoms with E-state index in [-0.39, 0.29) is 36.2 Å². The second-order valence-corrected chi connectivity index (χ2v) is 10.0. The van der Waals surface area contributed by atoms with Gasteiger partial charge in [0.05, 0.1) is 12.7 Å². The Balaban J connectivity index is 1.65. The van der Waals surface area contributed by atoms with Crippen molar-refractivity contribution >= 4 is 23.7 Å². The summed E-state index contributed by atoms with van der Waals surface area (Å²) >= 11 is 6.11. The molecule has 0 saturated carbocycles. The van der Waals surface area contributed by atoms with Crippen LogP contribution >= 0.6 is 11.6 Å². The predicted octanol–water partition coefficient (Wildman–Crippen LogP) is 3.63. The van der Waals surface area contributed by atoms with Crippen molar-refractivity contribution in [3.63, 3.8) is 0 Å². The summed E-state index contributed by atoms with van der Waals surface area (Å²) in [4.78, 5) is 25.8. The Labute approximate surface area is 217 Å². The van der Waals surface area contributed by atoms with Crippen molar-refractivity contribution in [3.05, 3.63) is 34.6 Å². The first-order valence-corrected chi connectivity index (χ1v) is 13.1. The first-order chi connectivity index (χ1) is 17.4. The molecule has 0 bridgehead atoms. The third kappa shape index (κ3) is 9.06. The molecule has 2 aliphatic rings. The molecule has 9 nitrogen and oxygen atoms in total. The van der Waals surface area contributed by atoms with Crippen LogP contribution in [0.3, 0.4) is 0 Å². The van der Waals surface area contributed by atoms with E-state index in [4.69, 9.17) is 26.2 Å². The van der Waals surface area contributed by atoms with Crippen LogP contribution in [0.2, 0.25) is 5.02 Å². The van der Waals surface area contributed by atoms with E-state index in [0.717, 1.165) is 45.3 Å². The van der Waals surface area contributed by atoms with Gasteiger partial charge in [0.1, 0.15) is 5.82 Å². The summed E-state index contributed by atoms with van der Waals surface area (Å²) in [6.07, 6.45) is 2.82. The molecule has 3 amide bonds. The van der Waals surface area contributed by atoms with Gasteiger partial charge in [-0.3, -0.25) is 0 Å². The number of piperidine rings is 1. The van der Waals surface area contributed by atoms with Crippen LogP contribution in [0.1, 0.15) is 43.8 Å². The monoisotopic (exact) mass is 528 g/mol. The van der Waals surface area contributed by atoms with E-state index in [1.807, 2.05) is 7.05 Å². The van der Waals surface area contributed by atoms with Crippen LogP contribution in [0.25, 0.3) is 0 Å². The normalized spacial score (nSPS) is 20.5. The maximum atomic E-state index is 14.1. The first-order valence-electron chi connectivity index (χ1n) is 12.7. The van der Waals surface area contributed by atoms with E-state index in [1.165, 1.54) is 12.1 Å². The summed E-state index contributed by atoms with van der Waals surface area (Å²) in [5, 5.41) is 17.8. The van der Waals surface area contributed by atoms with Crippen LogP contribution in [-0.4, -0.2) is 81.2 Å². The Hall–Kier alpha value is -2.14. The van der Waals surface area contributed by atoms with Crippen molar-refractivity contribution in [2.45, 2.75) is 44.2 Å². The lowest BCUT2D eigenvalue weighted by Crippen LogP contribution is -2.52. The highest BCUT2D eigenvalue weighted by Crippen LogP contribution is 2.34. The predicted molar refractivity (Wildman–Crippen MR) is 135 cm³/mol. The van der Waals surface area contributed by atoms with Crippen molar-refractivity contribution in [1.29, 1.82) is 0 Å². The van der Waals surface area contributed by atoms with Gasteiger partial charge in [0.2, 0.25) is 0 Å². The minimum atomic E-state index is -1.14. The van der Waals surface area contributed by atoms with Gasteiger partial charge >= 0.3 is 12.1 Å². The molecule has 0 aromatic heterocycles. The lowest BCUT2D eigenvalue weighted by Gasteiger charge is -2.38. The van der Waals surface area contributed by atoms with Gasteiger partial charge < -0.3 is 35.4 Å². The highest BCUT2D eigenvalue weighted by atomic mass is 35.5. The van der Waals surface area contributed by atoms with Crippen LogP contribution in [0.5, 0.6) is 0 Å². The zero-order valence-corrected chi connectivity index (χ0v) is 21.6. The second kappa shape index (κ2) is 14.6. The van der Waals surface area contributed by atoms with E-state index in [1.54, 1.807) is 11.0 Å². The van der Waals surface area contributed by atoms with Gasteiger partial charge in [-0.2, -0.15) is 0 Å². The summed E-state index contributed by atoms with van der Waals surface area (Å²) in [6.45, 7) is 3.51. The first kappa shape index (κ1) is 28.4. The maximum absolute atomic E-state index is 14.1. The number of hydrogen-bond donors (Lipinski definition) is 4. The average molecular weight is 529 g/mol. The topological polar surface area (TPSA) is 112 Å². The summed E-state index contributed by atoms with van der Waals surface area (Å²) in [5.41, 5.74) is 0.579. The third-order valence-corrected chi connectivity index (χ3v) is 7.02. The lowest BCUT2D eigenvalue weighted by atomic mass is 9.88. The fraction of sp³-hybridized carbons (Fsp3) is 0.680. The molecule has 3 unspecified atom stereocenters.